The smallest absolute Gasteiger partial charge is 0.308 e. The van der Waals surface area contributed by atoms with Gasteiger partial charge in [0, 0.05) is 18.1 Å². The number of nitrogens with one attached hydrogen (secondary N) is 1. The number of benzene rings is 2. The molecular weight excluding hydrogens is 268 g/mol. The molecule has 0 saturated carbocycles. The van der Waals surface area contributed by atoms with E-state index in [9.17, 15) is 9.59 Å². The number of carbonyl (C=O) groups is 2. The van der Waals surface area contributed by atoms with Gasteiger partial charge in [0.2, 0.25) is 0 Å². The van der Waals surface area contributed by atoms with Crippen LogP contribution in [0.3, 0.4) is 0 Å². The minimum atomic E-state index is -0.521. The van der Waals surface area contributed by atoms with Crippen LogP contribution in [0.4, 0.5) is 0 Å². The monoisotopic (exact) mass is 282 g/mol. The lowest BCUT2D eigenvalue weighted by atomic mass is 10.00. The van der Waals surface area contributed by atoms with E-state index in [1.165, 1.54) is 25.1 Å². The van der Waals surface area contributed by atoms with Gasteiger partial charge >= 0.3 is 5.97 Å². The highest BCUT2D eigenvalue weighted by Gasteiger charge is 2.17. The highest BCUT2D eigenvalue weighted by Crippen LogP contribution is 2.23. The van der Waals surface area contributed by atoms with Gasteiger partial charge < -0.3 is 10.5 Å². The molecule has 0 bridgehead atoms. The van der Waals surface area contributed by atoms with Gasteiger partial charge in [0.1, 0.15) is 11.6 Å². The molecule has 0 aliphatic heterocycles. The maximum Gasteiger partial charge on any atom is 0.308 e. The normalized spacial score (nSPS) is 9.95. The van der Waals surface area contributed by atoms with Crippen LogP contribution in [0.1, 0.15) is 28.4 Å². The lowest BCUT2D eigenvalue weighted by molar-refractivity contribution is -0.131. The molecular formula is C16H14N2O3. The third-order valence-electron chi connectivity index (χ3n) is 2.82. The lowest BCUT2D eigenvalue weighted by Gasteiger charge is -2.10. The molecule has 21 heavy (non-hydrogen) atoms. The highest BCUT2D eigenvalue weighted by atomic mass is 16.5. The first-order chi connectivity index (χ1) is 9.99. The van der Waals surface area contributed by atoms with Crippen molar-refractivity contribution in [3.05, 3.63) is 65.2 Å². The second kappa shape index (κ2) is 6.00. The van der Waals surface area contributed by atoms with Gasteiger partial charge in [-0.2, -0.15) is 0 Å². The molecule has 0 unspecified atom stereocenters. The Morgan fingerprint density at radius 1 is 1.05 bits per heavy atom. The summed E-state index contributed by atoms with van der Waals surface area (Å²) in [5, 5.41) is 7.45. The van der Waals surface area contributed by atoms with Crippen LogP contribution >= 0.6 is 0 Å². The third-order valence-corrected chi connectivity index (χ3v) is 2.82. The third kappa shape index (κ3) is 3.33. The van der Waals surface area contributed by atoms with Gasteiger partial charge in [0.15, 0.2) is 5.78 Å². The summed E-state index contributed by atoms with van der Waals surface area (Å²) in [6.45, 7) is 1.26. The van der Waals surface area contributed by atoms with Crippen molar-refractivity contribution in [1.29, 1.82) is 5.41 Å². The fourth-order valence-electron chi connectivity index (χ4n) is 1.86. The fourth-order valence-corrected chi connectivity index (χ4v) is 1.86. The molecule has 0 spiro atoms. The summed E-state index contributed by atoms with van der Waals surface area (Å²) in [5.41, 5.74) is 6.49. The number of rotatable bonds is 4. The minimum absolute atomic E-state index is 0.154. The molecule has 0 aliphatic carbocycles. The molecule has 0 heterocycles. The maximum atomic E-state index is 12.5. The standard InChI is InChI=1S/C16H14N2O3/c1-10(19)21-14-8-7-12(16(17)18)9-13(14)15(20)11-5-3-2-4-6-11/h2-9H,1H3,(H3,17,18). The summed E-state index contributed by atoms with van der Waals surface area (Å²) in [5.74, 6) is -0.824. The van der Waals surface area contributed by atoms with Gasteiger partial charge in [-0.1, -0.05) is 30.3 Å². The quantitative estimate of drug-likeness (QED) is 0.295. The number of nitrogen functional groups attached to an aromatic ring is 1. The molecule has 3 N–H and O–H groups in total. The molecule has 0 atom stereocenters. The predicted molar refractivity (Wildman–Crippen MR) is 78.6 cm³/mol. The molecule has 2 aromatic rings. The lowest BCUT2D eigenvalue weighted by Crippen LogP contribution is -2.14. The Bertz CT molecular complexity index is 709. The summed E-state index contributed by atoms with van der Waals surface area (Å²) >= 11 is 0. The molecule has 0 fully saturated rings. The summed E-state index contributed by atoms with van der Waals surface area (Å²) < 4.78 is 5.05. The van der Waals surface area contributed by atoms with Crippen molar-refractivity contribution in [3.8, 4) is 5.75 Å². The Morgan fingerprint density at radius 2 is 1.71 bits per heavy atom. The molecule has 2 rings (SSSR count). The average molecular weight is 282 g/mol. The zero-order valence-corrected chi connectivity index (χ0v) is 11.4. The molecule has 0 saturated heterocycles. The second-order valence-electron chi connectivity index (χ2n) is 4.41. The van der Waals surface area contributed by atoms with Crippen LogP contribution in [0.2, 0.25) is 0 Å². The van der Waals surface area contributed by atoms with Crippen LogP contribution in [0, 0.1) is 5.41 Å². The molecule has 0 aliphatic rings. The molecule has 5 heteroatoms. The number of ketones is 1. The highest BCUT2D eigenvalue weighted by molar-refractivity contribution is 6.12. The van der Waals surface area contributed by atoms with E-state index in [4.69, 9.17) is 15.9 Å². The van der Waals surface area contributed by atoms with Gasteiger partial charge in [-0.15, -0.1) is 0 Å². The average Bonchev–Trinajstić information content (AvgIpc) is 2.47. The fraction of sp³-hybridized carbons (Fsp3) is 0.0625. The first-order valence-electron chi connectivity index (χ1n) is 6.25. The van der Waals surface area contributed by atoms with Gasteiger partial charge in [-0.25, -0.2) is 0 Å². The molecule has 0 amide bonds. The molecule has 2 aromatic carbocycles. The molecule has 0 radical (unpaired) electrons. The van der Waals surface area contributed by atoms with E-state index in [0.29, 0.717) is 11.1 Å². The van der Waals surface area contributed by atoms with Crippen molar-refractivity contribution in [1.82, 2.24) is 0 Å². The molecule has 0 aromatic heterocycles. The minimum Gasteiger partial charge on any atom is -0.426 e. The molecule has 106 valence electrons. The summed E-state index contributed by atoms with van der Waals surface area (Å²) in [6.07, 6.45) is 0. The van der Waals surface area contributed by atoms with Gasteiger partial charge in [-0.05, 0) is 18.2 Å². The summed E-state index contributed by atoms with van der Waals surface area (Å²) in [4.78, 5) is 23.7. The number of esters is 1. The Kier molecular flexibility index (Phi) is 4.13. The number of amidine groups is 1. The van der Waals surface area contributed by atoms with E-state index < -0.39 is 5.97 Å². The van der Waals surface area contributed by atoms with Crippen molar-refractivity contribution < 1.29 is 14.3 Å². The second-order valence-corrected chi connectivity index (χ2v) is 4.41. The van der Waals surface area contributed by atoms with Crippen LogP contribution in [-0.2, 0) is 4.79 Å². The van der Waals surface area contributed by atoms with E-state index in [-0.39, 0.29) is 22.9 Å². The van der Waals surface area contributed by atoms with E-state index >= 15 is 0 Å². The van der Waals surface area contributed by atoms with Crippen molar-refractivity contribution in [2.75, 3.05) is 0 Å². The first kappa shape index (κ1) is 14.5. The van der Waals surface area contributed by atoms with Crippen molar-refractivity contribution in [3.63, 3.8) is 0 Å². The van der Waals surface area contributed by atoms with Crippen LogP contribution < -0.4 is 10.5 Å². The number of hydrogen-bond acceptors (Lipinski definition) is 4. The zero-order valence-electron chi connectivity index (χ0n) is 11.4. The Hall–Kier alpha value is -2.95. The van der Waals surface area contributed by atoms with Crippen LogP contribution in [0.15, 0.2) is 48.5 Å². The van der Waals surface area contributed by atoms with E-state index in [2.05, 4.69) is 0 Å². The van der Waals surface area contributed by atoms with Gasteiger partial charge in [-0.3, -0.25) is 15.0 Å². The Labute approximate surface area is 121 Å². The number of ether oxygens (including phenoxy) is 1. The summed E-state index contributed by atoms with van der Waals surface area (Å²) in [6, 6.07) is 13.1. The van der Waals surface area contributed by atoms with Crippen LogP contribution in [0.5, 0.6) is 5.75 Å². The maximum absolute atomic E-state index is 12.5. The topological polar surface area (TPSA) is 93.2 Å². The predicted octanol–water partition coefficient (Wildman–Crippen LogP) is 2.13. The SMILES string of the molecule is CC(=O)Oc1ccc(C(=N)N)cc1C(=O)c1ccccc1. The number of nitrogens with two attached hydrogens (primary N) is 1. The van der Waals surface area contributed by atoms with Crippen molar-refractivity contribution in [2.45, 2.75) is 6.92 Å². The van der Waals surface area contributed by atoms with E-state index in [1.807, 2.05) is 0 Å². The van der Waals surface area contributed by atoms with Crippen molar-refractivity contribution in [2.24, 2.45) is 5.73 Å². The largest absolute Gasteiger partial charge is 0.426 e. The zero-order chi connectivity index (χ0) is 15.4. The number of carbonyl (C=O) groups excluding carboxylic acids is 2. The van der Waals surface area contributed by atoms with Gasteiger partial charge in [0.25, 0.3) is 0 Å². The van der Waals surface area contributed by atoms with Gasteiger partial charge in [0.05, 0.1) is 5.56 Å². The van der Waals surface area contributed by atoms with Crippen molar-refractivity contribution >= 4 is 17.6 Å². The van der Waals surface area contributed by atoms with Crippen LogP contribution in [-0.4, -0.2) is 17.6 Å². The Balaban J connectivity index is 2.52. The number of hydrogen-bond donors (Lipinski definition) is 2. The first-order valence-corrected chi connectivity index (χ1v) is 6.25. The van der Waals surface area contributed by atoms with E-state index in [1.54, 1.807) is 30.3 Å². The van der Waals surface area contributed by atoms with Crippen LogP contribution in [0.25, 0.3) is 0 Å². The Morgan fingerprint density at radius 3 is 2.29 bits per heavy atom. The van der Waals surface area contributed by atoms with E-state index in [0.717, 1.165) is 0 Å². The molecule has 5 nitrogen and oxygen atoms in total. The summed E-state index contributed by atoms with van der Waals surface area (Å²) in [7, 11) is 0.